The molecule has 0 aliphatic rings. The van der Waals surface area contributed by atoms with E-state index in [9.17, 15) is 4.21 Å². The zero-order valence-electron chi connectivity index (χ0n) is 10.6. The third-order valence-corrected chi connectivity index (χ3v) is 3.43. The van der Waals surface area contributed by atoms with E-state index in [1.54, 1.807) is 0 Å². The van der Waals surface area contributed by atoms with Gasteiger partial charge in [0.1, 0.15) is 11.3 Å². The van der Waals surface area contributed by atoms with Crippen molar-refractivity contribution in [3.05, 3.63) is 60.2 Å². The summed E-state index contributed by atoms with van der Waals surface area (Å²) in [5.74, 6) is 0.816. The van der Waals surface area contributed by atoms with Gasteiger partial charge in [-0.15, -0.1) is 0 Å². The molecule has 0 spiro atoms. The van der Waals surface area contributed by atoms with Crippen LogP contribution in [-0.2, 0) is 17.8 Å². The minimum atomic E-state index is -2.00. The third-order valence-electron chi connectivity index (χ3n) is 3.04. The van der Waals surface area contributed by atoms with Crippen LogP contribution in [0.2, 0.25) is 0 Å². The Morgan fingerprint density at radius 1 is 1.10 bits per heavy atom. The zero-order valence-corrected chi connectivity index (χ0v) is 11.4. The molecule has 2 N–H and O–H groups in total. The maximum Gasteiger partial charge on any atom is 0.232 e. The Bertz CT molecular complexity index is 752. The summed E-state index contributed by atoms with van der Waals surface area (Å²) in [4.78, 5) is 0. The maximum absolute atomic E-state index is 10.6. The first-order valence-electron chi connectivity index (χ1n) is 6.14. The molecule has 102 valence electrons. The van der Waals surface area contributed by atoms with E-state index in [1.807, 2.05) is 54.6 Å². The van der Waals surface area contributed by atoms with Crippen molar-refractivity contribution >= 4 is 22.2 Å². The van der Waals surface area contributed by atoms with Crippen molar-refractivity contribution in [2.45, 2.75) is 6.54 Å². The van der Waals surface area contributed by atoms with E-state index in [0.29, 0.717) is 6.54 Å². The van der Waals surface area contributed by atoms with Crippen LogP contribution in [0, 0.1) is 0 Å². The van der Waals surface area contributed by atoms with E-state index in [4.69, 9.17) is 8.97 Å². The van der Waals surface area contributed by atoms with Crippen LogP contribution in [0.1, 0.15) is 5.56 Å². The van der Waals surface area contributed by atoms with Crippen LogP contribution in [0.3, 0.4) is 0 Å². The van der Waals surface area contributed by atoms with Crippen LogP contribution in [-0.4, -0.2) is 8.76 Å². The zero-order chi connectivity index (χ0) is 13.9. The topological polar surface area (TPSA) is 62.5 Å². The monoisotopic (exact) mass is 287 g/mol. The summed E-state index contributed by atoms with van der Waals surface area (Å²) in [6.07, 6.45) is 0. The van der Waals surface area contributed by atoms with Gasteiger partial charge in [0, 0.05) is 17.5 Å². The minimum absolute atomic E-state index is 0.338. The largest absolute Gasteiger partial charge is 0.456 e. The Balaban J connectivity index is 1.93. The van der Waals surface area contributed by atoms with Gasteiger partial charge in [-0.2, -0.15) is 0 Å². The van der Waals surface area contributed by atoms with Crippen LogP contribution in [0.5, 0.6) is 0 Å². The molecule has 0 saturated carbocycles. The second kappa shape index (κ2) is 5.58. The average molecular weight is 287 g/mol. The van der Waals surface area contributed by atoms with Crippen molar-refractivity contribution in [1.29, 1.82) is 0 Å². The normalized spacial score (nSPS) is 12.7. The number of fused-ring (bicyclic) bond motifs is 1. The van der Waals surface area contributed by atoms with E-state index in [1.165, 1.54) is 0 Å². The standard InChI is InChI=1S/C15H13NO3S/c17-20(18)16-10-11-6-7-14-13(8-11)9-15(19-14)12-4-2-1-3-5-12/h1-9,16H,10H2,(H,17,18). The lowest BCUT2D eigenvalue weighted by molar-refractivity contribution is 0.548. The number of nitrogens with one attached hydrogen (secondary N) is 1. The molecule has 0 aliphatic heterocycles. The van der Waals surface area contributed by atoms with Crippen molar-refractivity contribution in [2.75, 3.05) is 0 Å². The molecule has 0 amide bonds. The Kier molecular flexibility index (Phi) is 3.64. The van der Waals surface area contributed by atoms with Gasteiger partial charge in [-0.3, -0.25) is 4.55 Å². The van der Waals surface area contributed by atoms with Gasteiger partial charge < -0.3 is 4.42 Å². The summed E-state index contributed by atoms with van der Waals surface area (Å²) in [5, 5.41) is 0.979. The fourth-order valence-electron chi connectivity index (χ4n) is 2.09. The summed E-state index contributed by atoms with van der Waals surface area (Å²) in [6, 6.07) is 17.6. The van der Waals surface area contributed by atoms with Crippen LogP contribution < -0.4 is 4.72 Å². The van der Waals surface area contributed by atoms with Crippen LogP contribution in [0.25, 0.3) is 22.3 Å². The SMILES string of the molecule is O=S(O)NCc1ccc2oc(-c3ccccc3)cc2c1. The molecule has 20 heavy (non-hydrogen) atoms. The average Bonchev–Trinajstić information content (AvgIpc) is 2.89. The van der Waals surface area contributed by atoms with Crippen molar-refractivity contribution in [3.63, 3.8) is 0 Å². The first-order chi connectivity index (χ1) is 9.72. The highest BCUT2D eigenvalue weighted by molar-refractivity contribution is 7.77. The summed E-state index contributed by atoms with van der Waals surface area (Å²) in [5.41, 5.74) is 2.76. The molecule has 0 aliphatic carbocycles. The second-order valence-electron chi connectivity index (χ2n) is 4.42. The quantitative estimate of drug-likeness (QED) is 0.723. The summed E-state index contributed by atoms with van der Waals surface area (Å²) < 4.78 is 27.6. The lowest BCUT2D eigenvalue weighted by atomic mass is 10.1. The first kappa shape index (κ1) is 13.1. The molecule has 1 aromatic heterocycles. The van der Waals surface area contributed by atoms with E-state index < -0.39 is 11.3 Å². The fourth-order valence-corrected chi connectivity index (χ4v) is 2.38. The fraction of sp³-hybridized carbons (Fsp3) is 0.0667. The lowest BCUT2D eigenvalue weighted by Crippen LogP contribution is -2.15. The molecule has 4 nitrogen and oxygen atoms in total. The first-order valence-corrected chi connectivity index (χ1v) is 7.25. The molecule has 0 fully saturated rings. The van der Waals surface area contributed by atoms with Crippen molar-refractivity contribution < 1.29 is 13.2 Å². The van der Waals surface area contributed by atoms with E-state index in [2.05, 4.69) is 4.72 Å². The van der Waals surface area contributed by atoms with E-state index >= 15 is 0 Å². The molecule has 1 heterocycles. The van der Waals surface area contributed by atoms with Crippen molar-refractivity contribution in [3.8, 4) is 11.3 Å². The van der Waals surface area contributed by atoms with Crippen molar-refractivity contribution in [2.24, 2.45) is 0 Å². The van der Waals surface area contributed by atoms with Gasteiger partial charge in [0.15, 0.2) is 0 Å². The van der Waals surface area contributed by atoms with Gasteiger partial charge in [0.25, 0.3) is 0 Å². The second-order valence-corrected chi connectivity index (χ2v) is 5.21. The predicted octanol–water partition coefficient (Wildman–Crippen LogP) is 3.33. The van der Waals surface area contributed by atoms with Gasteiger partial charge >= 0.3 is 0 Å². The molecule has 1 atom stereocenters. The molecule has 3 rings (SSSR count). The van der Waals surface area contributed by atoms with Gasteiger partial charge in [-0.25, -0.2) is 8.93 Å². The Hall–Kier alpha value is -1.95. The molecular formula is C15H13NO3S. The number of rotatable bonds is 4. The molecule has 1 unspecified atom stereocenters. The molecule has 0 saturated heterocycles. The van der Waals surface area contributed by atoms with Gasteiger partial charge in [0.05, 0.1) is 0 Å². The summed E-state index contributed by atoms with van der Waals surface area (Å²) in [6.45, 7) is 0.338. The highest BCUT2D eigenvalue weighted by Crippen LogP contribution is 2.28. The van der Waals surface area contributed by atoms with Gasteiger partial charge in [-0.05, 0) is 23.8 Å². The molecule has 2 aromatic carbocycles. The summed E-state index contributed by atoms with van der Waals surface area (Å²) >= 11 is -2.00. The highest BCUT2D eigenvalue weighted by Gasteiger charge is 2.06. The van der Waals surface area contributed by atoms with Gasteiger partial charge in [0.2, 0.25) is 11.3 Å². The van der Waals surface area contributed by atoms with Crippen LogP contribution >= 0.6 is 0 Å². The third kappa shape index (κ3) is 2.80. The van der Waals surface area contributed by atoms with E-state index in [-0.39, 0.29) is 0 Å². The molecule has 3 aromatic rings. The van der Waals surface area contributed by atoms with Crippen LogP contribution in [0.15, 0.2) is 59.0 Å². The van der Waals surface area contributed by atoms with Crippen LogP contribution in [0.4, 0.5) is 0 Å². The Morgan fingerprint density at radius 3 is 2.65 bits per heavy atom. The summed E-state index contributed by atoms with van der Waals surface area (Å²) in [7, 11) is 0. The predicted molar refractivity (Wildman–Crippen MR) is 79.3 cm³/mol. The Morgan fingerprint density at radius 2 is 1.90 bits per heavy atom. The number of benzene rings is 2. The minimum Gasteiger partial charge on any atom is -0.456 e. The number of hydrogen-bond donors (Lipinski definition) is 2. The Labute approximate surface area is 118 Å². The molecule has 0 radical (unpaired) electrons. The maximum atomic E-state index is 10.6. The highest BCUT2D eigenvalue weighted by atomic mass is 32.2. The molecule has 0 bridgehead atoms. The van der Waals surface area contributed by atoms with Crippen molar-refractivity contribution in [1.82, 2.24) is 4.72 Å². The van der Waals surface area contributed by atoms with E-state index in [0.717, 1.165) is 27.9 Å². The number of furan rings is 1. The molecule has 5 heteroatoms. The number of hydrogen-bond acceptors (Lipinski definition) is 2. The lowest BCUT2D eigenvalue weighted by Gasteiger charge is -1.99. The van der Waals surface area contributed by atoms with Gasteiger partial charge in [-0.1, -0.05) is 36.4 Å². The smallest absolute Gasteiger partial charge is 0.232 e. The molecular weight excluding hydrogens is 274 g/mol.